The van der Waals surface area contributed by atoms with Crippen molar-refractivity contribution in [2.45, 2.75) is 26.7 Å². The average molecular weight is 301 g/mol. The lowest BCUT2D eigenvalue weighted by Crippen LogP contribution is -2.10. The number of ketones is 1. The van der Waals surface area contributed by atoms with E-state index in [1.807, 2.05) is 12.1 Å². The van der Waals surface area contributed by atoms with E-state index in [2.05, 4.69) is 6.07 Å². The Kier molecular flexibility index (Phi) is 6.84. The molecule has 0 aromatic heterocycles. The maximum absolute atomic E-state index is 11.6. The highest BCUT2D eigenvalue weighted by atomic mass is 16.5. The third-order valence-electron chi connectivity index (χ3n) is 2.81. The van der Waals surface area contributed by atoms with Gasteiger partial charge < -0.3 is 9.47 Å². The van der Waals surface area contributed by atoms with Gasteiger partial charge in [-0.05, 0) is 37.6 Å². The number of nitriles is 1. The van der Waals surface area contributed by atoms with E-state index in [1.54, 1.807) is 32.2 Å². The molecule has 0 heterocycles. The number of carbonyl (C=O) groups is 2. The van der Waals surface area contributed by atoms with Crippen LogP contribution in [0.3, 0.4) is 0 Å². The minimum Gasteiger partial charge on any atom is -0.497 e. The van der Waals surface area contributed by atoms with Crippen LogP contribution in [0.4, 0.5) is 0 Å². The zero-order valence-electron chi connectivity index (χ0n) is 13.0. The Morgan fingerprint density at radius 3 is 2.45 bits per heavy atom. The summed E-state index contributed by atoms with van der Waals surface area (Å²) in [7, 11) is 1.58. The fourth-order valence-corrected chi connectivity index (χ4v) is 1.75. The second-order valence-corrected chi connectivity index (χ2v) is 4.97. The largest absolute Gasteiger partial charge is 0.497 e. The Labute approximate surface area is 130 Å². The minimum atomic E-state index is -0.614. The first-order chi connectivity index (χ1) is 10.4. The van der Waals surface area contributed by atoms with Crippen LogP contribution in [0.1, 0.15) is 32.3 Å². The number of hydrogen-bond donors (Lipinski definition) is 0. The second-order valence-electron chi connectivity index (χ2n) is 4.97. The molecule has 0 amide bonds. The van der Waals surface area contributed by atoms with Crippen LogP contribution in [0.15, 0.2) is 30.0 Å². The number of hydrogen-bond acceptors (Lipinski definition) is 5. The van der Waals surface area contributed by atoms with Crippen molar-refractivity contribution in [3.8, 4) is 11.8 Å². The molecule has 1 rings (SSSR count). The Balaban J connectivity index is 2.92. The van der Waals surface area contributed by atoms with E-state index in [0.29, 0.717) is 12.2 Å². The Hall–Kier alpha value is -2.61. The lowest BCUT2D eigenvalue weighted by molar-refractivity contribution is -0.142. The number of allylic oxidation sites excluding steroid dienone is 1. The molecule has 1 aromatic rings. The van der Waals surface area contributed by atoms with Crippen molar-refractivity contribution < 1.29 is 19.1 Å². The van der Waals surface area contributed by atoms with Gasteiger partial charge in [0.05, 0.1) is 19.1 Å². The van der Waals surface area contributed by atoms with Gasteiger partial charge in [0.2, 0.25) is 0 Å². The highest BCUT2D eigenvalue weighted by Crippen LogP contribution is 2.19. The molecular weight excluding hydrogens is 282 g/mol. The molecule has 0 fully saturated rings. The number of Topliss-reactive ketones (excluding diaryl/α,β-unsaturated/α-hetero) is 1. The maximum Gasteiger partial charge on any atom is 0.318 e. The summed E-state index contributed by atoms with van der Waals surface area (Å²) in [5.41, 5.74) is 0.816. The van der Waals surface area contributed by atoms with Gasteiger partial charge in [0, 0.05) is 6.42 Å². The summed E-state index contributed by atoms with van der Waals surface area (Å²) in [4.78, 5) is 22.6. The van der Waals surface area contributed by atoms with E-state index in [-0.39, 0.29) is 18.1 Å². The third-order valence-corrected chi connectivity index (χ3v) is 2.81. The summed E-state index contributed by atoms with van der Waals surface area (Å²) < 4.78 is 10.3. The van der Waals surface area contributed by atoms with E-state index >= 15 is 0 Å². The predicted molar refractivity (Wildman–Crippen MR) is 81.8 cm³/mol. The molecular formula is C17H19NO4. The summed E-state index contributed by atoms with van der Waals surface area (Å²) >= 11 is 0. The molecule has 0 saturated carbocycles. The Morgan fingerprint density at radius 1 is 1.32 bits per heavy atom. The molecule has 1 aromatic carbocycles. The Morgan fingerprint density at radius 2 is 1.95 bits per heavy atom. The number of rotatable bonds is 7. The van der Waals surface area contributed by atoms with Crippen LogP contribution in [-0.2, 0) is 14.3 Å². The first kappa shape index (κ1) is 17.4. The van der Waals surface area contributed by atoms with Gasteiger partial charge in [-0.1, -0.05) is 12.1 Å². The molecule has 0 aliphatic carbocycles. The van der Waals surface area contributed by atoms with Crippen molar-refractivity contribution in [1.29, 1.82) is 5.26 Å². The van der Waals surface area contributed by atoms with E-state index in [9.17, 15) is 9.59 Å². The van der Waals surface area contributed by atoms with E-state index < -0.39 is 5.97 Å². The topological polar surface area (TPSA) is 76.4 Å². The van der Waals surface area contributed by atoms with Crippen LogP contribution in [-0.4, -0.2) is 18.9 Å². The van der Waals surface area contributed by atoms with Crippen LogP contribution in [0.2, 0.25) is 0 Å². The summed E-state index contributed by atoms with van der Waals surface area (Å²) in [6, 6.07) is 9.30. The predicted octanol–water partition coefficient (Wildman–Crippen LogP) is 3.11. The van der Waals surface area contributed by atoms with Gasteiger partial charge in [-0.25, -0.2) is 0 Å². The molecule has 5 heteroatoms. The van der Waals surface area contributed by atoms with Crippen LogP contribution in [0, 0.1) is 17.2 Å². The average Bonchev–Trinajstić information content (AvgIpc) is 2.46. The molecule has 22 heavy (non-hydrogen) atoms. The molecule has 0 aliphatic heterocycles. The molecule has 1 atom stereocenters. The fourth-order valence-electron chi connectivity index (χ4n) is 1.75. The van der Waals surface area contributed by atoms with Gasteiger partial charge in [0.25, 0.3) is 0 Å². The van der Waals surface area contributed by atoms with E-state index in [4.69, 9.17) is 14.7 Å². The maximum atomic E-state index is 11.6. The quantitative estimate of drug-likeness (QED) is 0.439. The monoisotopic (exact) mass is 301 g/mol. The number of carbonyl (C=O) groups excluding carboxylic acids is 2. The van der Waals surface area contributed by atoms with Crippen molar-refractivity contribution in [3.63, 3.8) is 0 Å². The van der Waals surface area contributed by atoms with Gasteiger partial charge in [-0.2, -0.15) is 5.26 Å². The molecule has 1 unspecified atom stereocenters. The number of ether oxygens (including phenoxy) is 2. The van der Waals surface area contributed by atoms with Crippen molar-refractivity contribution >= 4 is 17.8 Å². The highest BCUT2D eigenvalue weighted by molar-refractivity contribution is 5.94. The molecule has 0 bridgehead atoms. The SMILES string of the molecule is COc1ccc(/C=C(\CC(C)C#N)OC(=O)CC(C)=O)cc1. The summed E-state index contributed by atoms with van der Waals surface area (Å²) in [5.74, 6) is -0.0858. The van der Waals surface area contributed by atoms with Gasteiger partial charge in [0.1, 0.15) is 23.7 Å². The Bertz CT molecular complexity index is 596. The third kappa shape index (κ3) is 6.23. The zero-order valence-corrected chi connectivity index (χ0v) is 13.0. The first-order valence-corrected chi connectivity index (χ1v) is 6.89. The van der Waals surface area contributed by atoms with Crippen LogP contribution < -0.4 is 4.74 Å². The van der Waals surface area contributed by atoms with E-state index in [1.165, 1.54) is 6.92 Å². The van der Waals surface area contributed by atoms with Crippen molar-refractivity contribution in [1.82, 2.24) is 0 Å². The van der Waals surface area contributed by atoms with E-state index in [0.717, 1.165) is 11.3 Å². The normalized spacial score (nSPS) is 12.2. The standard InChI is InChI=1S/C17H19NO4/c1-12(11-18)8-16(22-17(20)9-13(2)19)10-14-4-6-15(21-3)7-5-14/h4-7,10,12H,8-9H2,1-3H3/b16-10+. The first-order valence-electron chi connectivity index (χ1n) is 6.89. The molecule has 0 radical (unpaired) electrons. The lowest BCUT2D eigenvalue weighted by atomic mass is 10.1. The highest BCUT2D eigenvalue weighted by Gasteiger charge is 2.13. The van der Waals surface area contributed by atoms with Gasteiger partial charge in [0.15, 0.2) is 0 Å². The molecule has 0 saturated heterocycles. The molecule has 5 nitrogen and oxygen atoms in total. The second kappa shape index (κ2) is 8.63. The van der Waals surface area contributed by atoms with Crippen molar-refractivity contribution in [2.75, 3.05) is 7.11 Å². The van der Waals surface area contributed by atoms with Crippen molar-refractivity contribution in [3.05, 3.63) is 35.6 Å². The summed E-state index contributed by atoms with van der Waals surface area (Å²) in [5, 5.41) is 8.91. The summed E-state index contributed by atoms with van der Waals surface area (Å²) in [6.07, 6.45) is 1.71. The number of esters is 1. The minimum absolute atomic E-state index is 0.262. The molecule has 0 N–H and O–H groups in total. The van der Waals surface area contributed by atoms with Gasteiger partial charge >= 0.3 is 5.97 Å². The van der Waals surface area contributed by atoms with Crippen molar-refractivity contribution in [2.24, 2.45) is 5.92 Å². The number of nitrogens with zero attached hydrogens (tertiary/aromatic N) is 1. The fraction of sp³-hybridized carbons (Fsp3) is 0.353. The summed E-state index contributed by atoms with van der Waals surface area (Å²) in [6.45, 7) is 3.06. The number of benzene rings is 1. The lowest BCUT2D eigenvalue weighted by Gasteiger charge is -2.10. The molecule has 116 valence electrons. The zero-order chi connectivity index (χ0) is 16.5. The van der Waals surface area contributed by atoms with Crippen LogP contribution in [0.5, 0.6) is 5.75 Å². The molecule has 0 spiro atoms. The van der Waals surface area contributed by atoms with Gasteiger partial charge in [-0.3, -0.25) is 9.59 Å². The smallest absolute Gasteiger partial charge is 0.318 e. The van der Waals surface area contributed by atoms with Crippen LogP contribution >= 0.6 is 0 Å². The number of methoxy groups -OCH3 is 1. The van der Waals surface area contributed by atoms with Gasteiger partial charge in [-0.15, -0.1) is 0 Å². The van der Waals surface area contributed by atoms with Crippen LogP contribution in [0.25, 0.3) is 6.08 Å². The molecule has 0 aliphatic rings.